The van der Waals surface area contributed by atoms with Crippen molar-refractivity contribution in [3.63, 3.8) is 0 Å². The largest absolute Gasteiger partial charge is 0.338 e. The predicted octanol–water partition coefficient (Wildman–Crippen LogP) is 0.295. The number of amides is 3. The fraction of sp³-hybridized carbons (Fsp3) is 0.846. The minimum Gasteiger partial charge on any atom is -0.338 e. The zero-order valence-corrected chi connectivity index (χ0v) is 12.2. The number of rotatable bonds is 5. The Morgan fingerprint density at radius 2 is 1.84 bits per heavy atom. The van der Waals surface area contributed by atoms with Crippen molar-refractivity contribution in [3.8, 4) is 0 Å². The van der Waals surface area contributed by atoms with Gasteiger partial charge in [-0.15, -0.1) is 0 Å². The van der Waals surface area contributed by atoms with E-state index < -0.39 is 6.03 Å². The summed E-state index contributed by atoms with van der Waals surface area (Å²) in [5.41, 5.74) is 0. The Morgan fingerprint density at radius 3 is 2.37 bits per heavy atom. The summed E-state index contributed by atoms with van der Waals surface area (Å²) in [4.78, 5) is 24.9. The van der Waals surface area contributed by atoms with Gasteiger partial charge in [0.1, 0.15) is 0 Å². The third-order valence-electron chi connectivity index (χ3n) is 3.71. The van der Waals surface area contributed by atoms with Crippen molar-refractivity contribution < 1.29 is 9.59 Å². The van der Waals surface area contributed by atoms with Gasteiger partial charge in [-0.1, -0.05) is 0 Å². The Balaban J connectivity index is 2.28. The second-order valence-corrected chi connectivity index (χ2v) is 5.12. The highest BCUT2D eigenvalue weighted by atomic mass is 16.2. The molecule has 19 heavy (non-hydrogen) atoms. The Labute approximate surface area is 115 Å². The molecule has 0 aliphatic heterocycles. The minimum absolute atomic E-state index is 0.246. The van der Waals surface area contributed by atoms with E-state index in [2.05, 4.69) is 16.0 Å². The molecule has 0 atom stereocenters. The van der Waals surface area contributed by atoms with Gasteiger partial charge in [-0.3, -0.25) is 15.0 Å². The summed E-state index contributed by atoms with van der Waals surface area (Å²) in [5, 5.41) is 8.17. The summed E-state index contributed by atoms with van der Waals surface area (Å²) < 4.78 is 0. The van der Waals surface area contributed by atoms with Gasteiger partial charge in [-0.2, -0.15) is 0 Å². The van der Waals surface area contributed by atoms with E-state index in [0.29, 0.717) is 18.6 Å². The van der Waals surface area contributed by atoms with Crippen molar-refractivity contribution in [2.75, 3.05) is 27.2 Å². The first-order valence-corrected chi connectivity index (χ1v) is 7.02. The lowest BCUT2D eigenvalue weighted by Gasteiger charge is -2.34. The minimum atomic E-state index is -0.417. The second kappa shape index (κ2) is 8.12. The van der Waals surface area contributed by atoms with Crippen LogP contribution in [-0.4, -0.2) is 56.1 Å². The number of hydrogen-bond acceptors (Lipinski definition) is 4. The molecule has 3 N–H and O–H groups in total. The lowest BCUT2D eigenvalue weighted by Crippen LogP contribution is -2.47. The maximum absolute atomic E-state index is 11.7. The molecule has 0 spiro atoms. The molecule has 1 saturated carbocycles. The molecule has 0 radical (unpaired) electrons. The van der Waals surface area contributed by atoms with Gasteiger partial charge in [-0.05, 0) is 46.7 Å². The summed E-state index contributed by atoms with van der Waals surface area (Å²) in [6.07, 6.45) is 4.47. The lowest BCUT2D eigenvalue weighted by molar-refractivity contribution is -0.121. The van der Waals surface area contributed by atoms with Crippen LogP contribution in [0.25, 0.3) is 0 Å². The van der Waals surface area contributed by atoms with Gasteiger partial charge in [0, 0.05) is 18.6 Å². The Morgan fingerprint density at radius 1 is 1.21 bits per heavy atom. The molecule has 6 nitrogen and oxygen atoms in total. The fourth-order valence-electron chi connectivity index (χ4n) is 2.53. The molecule has 0 aromatic rings. The van der Waals surface area contributed by atoms with Crippen LogP contribution in [0.1, 0.15) is 32.6 Å². The summed E-state index contributed by atoms with van der Waals surface area (Å²) in [6, 6.07) is 0.623. The van der Waals surface area contributed by atoms with Gasteiger partial charge >= 0.3 is 6.03 Å². The Hall–Kier alpha value is -1.14. The highest BCUT2D eigenvalue weighted by Gasteiger charge is 2.24. The molecule has 1 aliphatic rings. The van der Waals surface area contributed by atoms with Crippen molar-refractivity contribution in [1.82, 2.24) is 20.9 Å². The van der Waals surface area contributed by atoms with Crippen LogP contribution in [0, 0.1) is 0 Å². The van der Waals surface area contributed by atoms with Gasteiger partial charge in [0.2, 0.25) is 5.91 Å². The first-order chi connectivity index (χ1) is 9.06. The molecule has 0 aromatic carbocycles. The molecule has 1 rings (SSSR count). The molecule has 6 heteroatoms. The van der Waals surface area contributed by atoms with Crippen LogP contribution in [0.2, 0.25) is 0 Å². The third-order valence-corrected chi connectivity index (χ3v) is 3.71. The van der Waals surface area contributed by atoms with E-state index in [1.165, 1.54) is 0 Å². The van der Waals surface area contributed by atoms with E-state index >= 15 is 0 Å². The molecule has 3 amide bonds. The van der Waals surface area contributed by atoms with Gasteiger partial charge in [0.15, 0.2) is 0 Å². The van der Waals surface area contributed by atoms with E-state index in [1.54, 1.807) is 0 Å². The van der Waals surface area contributed by atoms with Gasteiger partial charge in [0.25, 0.3) is 0 Å². The number of carbonyl (C=O) groups excluding carboxylic acids is 2. The number of imide groups is 1. The van der Waals surface area contributed by atoms with Crippen LogP contribution in [-0.2, 0) is 4.79 Å². The number of carbonyl (C=O) groups is 2. The number of likely N-dealkylation sites (N-methyl/N-ethyl adjacent to an activating group) is 1. The molecule has 1 aliphatic carbocycles. The summed E-state index contributed by atoms with van der Waals surface area (Å²) in [5.74, 6) is -0.246. The monoisotopic (exact) mass is 270 g/mol. The van der Waals surface area contributed by atoms with Crippen LogP contribution in [0.3, 0.4) is 0 Å². The summed E-state index contributed by atoms with van der Waals surface area (Å²) in [6.45, 7) is 2.60. The van der Waals surface area contributed by atoms with Crippen LogP contribution in [0.4, 0.5) is 4.79 Å². The highest BCUT2D eigenvalue weighted by Crippen LogP contribution is 2.21. The van der Waals surface area contributed by atoms with Crippen molar-refractivity contribution in [1.29, 1.82) is 0 Å². The second-order valence-electron chi connectivity index (χ2n) is 5.12. The molecule has 110 valence electrons. The maximum atomic E-state index is 11.7. The van der Waals surface area contributed by atoms with Gasteiger partial charge in [-0.25, -0.2) is 4.79 Å². The number of nitrogens with zero attached hydrogens (tertiary/aromatic N) is 1. The molecule has 0 aromatic heterocycles. The molecule has 0 heterocycles. The SMILES string of the molecule is CCNC(=O)NC(=O)CN(C)C1CCC(NC)CC1. The average Bonchev–Trinajstić information content (AvgIpc) is 2.38. The molecule has 0 unspecified atom stereocenters. The van der Waals surface area contributed by atoms with Gasteiger partial charge < -0.3 is 10.6 Å². The van der Waals surface area contributed by atoms with Crippen LogP contribution in [0.5, 0.6) is 0 Å². The van der Waals surface area contributed by atoms with E-state index in [4.69, 9.17) is 0 Å². The van der Waals surface area contributed by atoms with E-state index in [9.17, 15) is 9.59 Å². The Kier molecular flexibility index (Phi) is 6.80. The molecule has 1 fully saturated rings. The zero-order valence-electron chi connectivity index (χ0n) is 12.2. The van der Waals surface area contributed by atoms with Crippen LogP contribution >= 0.6 is 0 Å². The summed E-state index contributed by atoms with van der Waals surface area (Å²) in [7, 11) is 3.94. The van der Waals surface area contributed by atoms with Crippen LogP contribution < -0.4 is 16.0 Å². The standard InChI is InChI=1S/C13H26N4O2/c1-4-15-13(19)16-12(18)9-17(3)11-7-5-10(14-2)6-8-11/h10-11,14H,4-9H2,1-3H3,(H2,15,16,18,19). The highest BCUT2D eigenvalue weighted by molar-refractivity contribution is 5.95. The summed E-state index contributed by atoms with van der Waals surface area (Å²) >= 11 is 0. The zero-order chi connectivity index (χ0) is 14.3. The van der Waals surface area contributed by atoms with E-state index in [-0.39, 0.29) is 12.5 Å². The molecule has 0 bridgehead atoms. The Bertz CT molecular complexity index is 301. The number of nitrogens with one attached hydrogen (secondary N) is 3. The van der Waals surface area contributed by atoms with Crippen molar-refractivity contribution in [2.24, 2.45) is 0 Å². The van der Waals surface area contributed by atoms with Crippen molar-refractivity contribution in [3.05, 3.63) is 0 Å². The first kappa shape index (κ1) is 15.9. The lowest BCUT2D eigenvalue weighted by atomic mass is 9.90. The smallest absolute Gasteiger partial charge is 0.321 e. The fourth-order valence-corrected chi connectivity index (χ4v) is 2.53. The third kappa shape index (κ3) is 5.57. The van der Waals surface area contributed by atoms with E-state index in [0.717, 1.165) is 25.7 Å². The first-order valence-electron chi connectivity index (χ1n) is 7.02. The molecular formula is C13H26N4O2. The van der Waals surface area contributed by atoms with Crippen molar-refractivity contribution in [2.45, 2.75) is 44.7 Å². The topological polar surface area (TPSA) is 73.5 Å². The maximum Gasteiger partial charge on any atom is 0.321 e. The van der Waals surface area contributed by atoms with Gasteiger partial charge in [0.05, 0.1) is 6.54 Å². The molecular weight excluding hydrogens is 244 g/mol. The molecule has 0 saturated heterocycles. The van der Waals surface area contributed by atoms with E-state index in [1.807, 2.05) is 25.9 Å². The number of urea groups is 1. The van der Waals surface area contributed by atoms with Crippen molar-refractivity contribution >= 4 is 11.9 Å². The average molecular weight is 270 g/mol. The predicted molar refractivity (Wildman–Crippen MR) is 74.9 cm³/mol. The normalized spacial score (nSPS) is 23.2. The van der Waals surface area contributed by atoms with Crippen LogP contribution in [0.15, 0.2) is 0 Å². The number of hydrogen-bond donors (Lipinski definition) is 3. The quantitative estimate of drug-likeness (QED) is 0.671.